The maximum Gasteiger partial charge on any atom is 0.240 e. The molecule has 0 spiro atoms. The molecule has 2 rings (SSSR count). The minimum atomic E-state index is -3.59. The summed E-state index contributed by atoms with van der Waals surface area (Å²) in [4.78, 5) is 15.5. The first kappa shape index (κ1) is 14.8. The molecule has 0 fully saturated rings. The Labute approximate surface area is 121 Å². The number of aryl methyl sites for hydroxylation is 1. The minimum Gasteiger partial charge on any atom is -0.295 e. The molecule has 20 heavy (non-hydrogen) atoms. The van der Waals surface area contributed by atoms with Crippen molar-refractivity contribution in [1.29, 1.82) is 0 Å². The zero-order valence-corrected chi connectivity index (χ0v) is 12.7. The van der Waals surface area contributed by atoms with Crippen molar-refractivity contribution in [2.24, 2.45) is 0 Å². The number of nitrogens with one attached hydrogen (secondary N) is 1. The van der Waals surface area contributed by atoms with Gasteiger partial charge in [0.2, 0.25) is 10.0 Å². The SMILES string of the molecule is CC(=O)c1ccc(S(=O)(=O)NCc2csc(C)n2)cc1. The van der Waals surface area contributed by atoms with Gasteiger partial charge in [-0.3, -0.25) is 4.79 Å². The second kappa shape index (κ2) is 5.82. The molecule has 2 aromatic rings. The molecule has 106 valence electrons. The average Bonchev–Trinajstić information content (AvgIpc) is 2.82. The molecular weight excluding hydrogens is 296 g/mol. The molecule has 0 aliphatic rings. The number of hydrogen-bond donors (Lipinski definition) is 1. The van der Waals surface area contributed by atoms with Crippen LogP contribution in [0, 0.1) is 6.92 Å². The van der Waals surface area contributed by atoms with E-state index in [1.54, 1.807) is 0 Å². The number of ketones is 1. The number of thiazole rings is 1. The molecule has 0 atom stereocenters. The predicted octanol–water partition coefficient (Wildman–Crippen LogP) is 2.13. The molecule has 0 aliphatic carbocycles. The fourth-order valence-corrected chi connectivity index (χ4v) is 3.22. The Hall–Kier alpha value is -1.57. The van der Waals surface area contributed by atoms with Crippen LogP contribution in [0.5, 0.6) is 0 Å². The van der Waals surface area contributed by atoms with Gasteiger partial charge in [0, 0.05) is 10.9 Å². The number of rotatable bonds is 5. The van der Waals surface area contributed by atoms with Gasteiger partial charge in [0.05, 0.1) is 22.1 Å². The fraction of sp³-hybridized carbons (Fsp3) is 0.231. The van der Waals surface area contributed by atoms with Crippen LogP contribution in [-0.4, -0.2) is 19.2 Å². The normalized spacial score (nSPS) is 11.5. The summed E-state index contributed by atoms with van der Waals surface area (Å²) < 4.78 is 26.6. The summed E-state index contributed by atoms with van der Waals surface area (Å²) in [7, 11) is -3.59. The molecular formula is C13H14N2O3S2. The first-order valence-electron chi connectivity index (χ1n) is 5.90. The molecule has 0 aliphatic heterocycles. The van der Waals surface area contributed by atoms with Crippen molar-refractivity contribution in [3.63, 3.8) is 0 Å². The molecule has 1 aromatic heterocycles. The number of carbonyl (C=O) groups excluding carboxylic acids is 1. The highest BCUT2D eigenvalue weighted by Gasteiger charge is 2.14. The lowest BCUT2D eigenvalue weighted by molar-refractivity contribution is 0.101. The third-order valence-electron chi connectivity index (χ3n) is 2.68. The van der Waals surface area contributed by atoms with Crippen LogP contribution in [0.1, 0.15) is 28.0 Å². The summed E-state index contributed by atoms with van der Waals surface area (Å²) in [6.07, 6.45) is 0. The molecule has 1 heterocycles. The van der Waals surface area contributed by atoms with Crippen LogP contribution in [0.3, 0.4) is 0 Å². The molecule has 0 bridgehead atoms. The maximum absolute atomic E-state index is 12.1. The summed E-state index contributed by atoms with van der Waals surface area (Å²) >= 11 is 1.47. The van der Waals surface area contributed by atoms with E-state index in [1.165, 1.54) is 42.5 Å². The van der Waals surface area contributed by atoms with Crippen molar-refractivity contribution in [3.05, 3.63) is 45.9 Å². The second-order valence-electron chi connectivity index (χ2n) is 4.26. The van der Waals surface area contributed by atoms with Crippen LogP contribution in [0.25, 0.3) is 0 Å². The van der Waals surface area contributed by atoms with Crippen molar-refractivity contribution in [2.45, 2.75) is 25.3 Å². The van der Waals surface area contributed by atoms with Crippen LogP contribution >= 0.6 is 11.3 Å². The van der Waals surface area contributed by atoms with Crippen LogP contribution in [0.15, 0.2) is 34.5 Å². The molecule has 0 unspecified atom stereocenters. The van der Waals surface area contributed by atoms with Crippen molar-refractivity contribution in [3.8, 4) is 0 Å². The van der Waals surface area contributed by atoms with Crippen LogP contribution in [0.2, 0.25) is 0 Å². The standard InChI is InChI=1S/C13H14N2O3S2/c1-9(16)11-3-5-13(6-4-11)20(17,18)14-7-12-8-19-10(2)15-12/h3-6,8,14H,7H2,1-2H3. The van der Waals surface area contributed by atoms with E-state index < -0.39 is 10.0 Å². The predicted molar refractivity (Wildman–Crippen MR) is 77.3 cm³/mol. The van der Waals surface area contributed by atoms with Crippen molar-refractivity contribution in [1.82, 2.24) is 9.71 Å². The highest BCUT2D eigenvalue weighted by atomic mass is 32.2. The molecule has 1 N–H and O–H groups in total. The van der Waals surface area contributed by atoms with Gasteiger partial charge in [-0.1, -0.05) is 12.1 Å². The van der Waals surface area contributed by atoms with Crippen molar-refractivity contribution < 1.29 is 13.2 Å². The van der Waals surface area contributed by atoms with Gasteiger partial charge in [-0.15, -0.1) is 11.3 Å². The van der Waals surface area contributed by atoms with Crippen LogP contribution < -0.4 is 4.72 Å². The second-order valence-corrected chi connectivity index (χ2v) is 7.09. The number of Topliss-reactive ketones (excluding diaryl/α,β-unsaturated/α-hetero) is 1. The van der Waals surface area contributed by atoms with Gasteiger partial charge in [0.25, 0.3) is 0 Å². The van der Waals surface area contributed by atoms with E-state index in [2.05, 4.69) is 9.71 Å². The summed E-state index contributed by atoms with van der Waals surface area (Å²) in [5, 5.41) is 2.71. The molecule has 0 saturated carbocycles. The zero-order valence-electron chi connectivity index (χ0n) is 11.1. The number of nitrogens with zero attached hydrogens (tertiary/aromatic N) is 1. The van der Waals surface area contributed by atoms with Gasteiger partial charge in [0.15, 0.2) is 5.78 Å². The summed E-state index contributed by atoms with van der Waals surface area (Å²) in [6, 6.07) is 5.85. The van der Waals surface area contributed by atoms with Gasteiger partial charge < -0.3 is 0 Å². The lowest BCUT2D eigenvalue weighted by Gasteiger charge is -2.05. The Balaban J connectivity index is 2.11. The fourth-order valence-electron chi connectivity index (χ4n) is 1.61. The molecule has 0 radical (unpaired) electrons. The number of aromatic nitrogens is 1. The van der Waals surface area contributed by atoms with Gasteiger partial charge >= 0.3 is 0 Å². The Morgan fingerprint density at radius 2 is 1.95 bits per heavy atom. The lowest BCUT2D eigenvalue weighted by atomic mass is 10.2. The Bertz CT molecular complexity index is 718. The first-order valence-corrected chi connectivity index (χ1v) is 8.26. The largest absolute Gasteiger partial charge is 0.295 e. The van der Waals surface area contributed by atoms with Crippen molar-refractivity contribution in [2.75, 3.05) is 0 Å². The monoisotopic (exact) mass is 310 g/mol. The number of hydrogen-bond acceptors (Lipinski definition) is 5. The van der Waals surface area contributed by atoms with E-state index in [0.29, 0.717) is 11.3 Å². The molecule has 5 nitrogen and oxygen atoms in total. The first-order chi connectivity index (χ1) is 9.38. The van der Waals surface area contributed by atoms with E-state index in [9.17, 15) is 13.2 Å². The molecule has 0 saturated heterocycles. The van der Waals surface area contributed by atoms with Gasteiger partial charge in [-0.2, -0.15) is 0 Å². The highest BCUT2D eigenvalue weighted by Crippen LogP contribution is 2.13. The third kappa shape index (κ3) is 3.50. The maximum atomic E-state index is 12.1. The summed E-state index contributed by atoms with van der Waals surface area (Å²) in [5.41, 5.74) is 1.18. The third-order valence-corrected chi connectivity index (χ3v) is 4.92. The van der Waals surface area contributed by atoms with E-state index in [4.69, 9.17) is 0 Å². The molecule has 0 amide bonds. The Kier molecular flexibility index (Phi) is 4.32. The van der Waals surface area contributed by atoms with E-state index >= 15 is 0 Å². The quantitative estimate of drug-likeness (QED) is 0.858. The smallest absolute Gasteiger partial charge is 0.240 e. The van der Waals surface area contributed by atoms with Crippen molar-refractivity contribution >= 4 is 27.1 Å². The van der Waals surface area contributed by atoms with Crippen LogP contribution in [0.4, 0.5) is 0 Å². The van der Waals surface area contributed by atoms with E-state index in [0.717, 1.165) is 5.01 Å². The molecule has 7 heteroatoms. The number of benzene rings is 1. The minimum absolute atomic E-state index is 0.0974. The summed E-state index contributed by atoms with van der Waals surface area (Å²) in [5.74, 6) is -0.0974. The highest BCUT2D eigenvalue weighted by molar-refractivity contribution is 7.89. The van der Waals surface area contributed by atoms with E-state index in [-0.39, 0.29) is 17.2 Å². The average molecular weight is 310 g/mol. The summed E-state index contributed by atoms with van der Waals surface area (Å²) in [6.45, 7) is 3.45. The zero-order chi connectivity index (χ0) is 14.8. The van der Waals surface area contributed by atoms with E-state index in [1.807, 2.05) is 12.3 Å². The van der Waals surface area contributed by atoms with Gasteiger partial charge in [-0.25, -0.2) is 18.1 Å². The van der Waals surface area contributed by atoms with Gasteiger partial charge in [-0.05, 0) is 26.0 Å². The number of sulfonamides is 1. The molecule has 1 aromatic carbocycles. The lowest BCUT2D eigenvalue weighted by Crippen LogP contribution is -2.23. The van der Waals surface area contributed by atoms with Gasteiger partial charge in [0.1, 0.15) is 0 Å². The topological polar surface area (TPSA) is 76.1 Å². The number of carbonyl (C=O) groups is 1. The Morgan fingerprint density at radius 1 is 1.30 bits per heavy atom. The van der Waals surface area contributed by atoms with Crippen LogP contribution in [-0.2, 0) is 16.6 Å². The Morgan fingerprint density at radius 3 is 2.45 bits per heavy atom.